The van der Waals surface area contributed by atoms with Gasteiger partial charge < -0.3 is 20.1 Å². The monoisotopic (exact) mass is 386 g/mol. The van der Waals surface area contributed by atoms with E-state index < -0.39 is 17.5 Å². The molecular weight excluding hydrogens is 370 g/mol. The quantitative estimate of drug-likeness (QED) is 0.671. The zero-order chi connectivity index (χ0) is 20.1. The summed E-state index contributed by atoms with van der Waals surface area (Å²) in [6.07, 6.45) is 0. The molecule has 1 aromatic heterocycles. The molecular formula is C19H16F2N4O3. The number of aromatic nitrogens is 2. The number of anilines is 3. The molecule has 0 spiro atoms. The molecule has 0 radical (unpaired) electrons. The van der Waals surface area contributed by atoms with E-state index in [0.717, 1.165) is 12.1 Å². The van der Waals surface area contributed by atoms with Crippen molar-refractivity contribution in [1.82, 2.24) is 10.2 Å². The largest absolute Gasteiger partial charge is 0.497 e. The van der Waals surface area contributed by atoms with Crippen LogP contribution in [0.3, 0.4) is 0 Å². The van der Waals surface area contributed by atoms with Crippen LogP contribution in [-0.4, -0.2) is 30.3 Å². The number of hydrogen-bond acceptors (Lipinski definition) is 6. The molecule has 0 aliphatic heterocycles. The molecule has 1 heterocycles. The van der Waals surface area contributed by atoms with Gasteiger partial charge in [-0.2, -0.15) is 0 Å². The Bertz CT molecular complexity index is 997. The molecule has 144 valence electrons. The zero-order valence-electron chi connectivity index (χ0n) is 15.0. The van der Waals surface area contributed by atoms with Gasteiger partial charge in [-0.15, -0.1) is 10.2 Å². The van der Waals surface area contributed by atoms with Crippen molar-refractivity contribution in [3.05, 3.63) is 65.9 Å². The third kappa shape index (κ3) is 4.32. The molecule has 9 heteroatoms. The minimum absolute atomic E-state index is 0.0562. The number of rotatable bonds is 6. The highest BCUT2D eigenvalue weighted by atomic mass is 19.2. The average molecular weight is 386 g/mol. The second-order valence-electron chi connectivity index (χ2n) is 5.58. The van der Waals surface area contributed by atoms with Crippen LogP contribution in [-0.2, 0) is 0 Å². The van der Waals surface area contributed by atoms with Gasteiger partial charge in [-0.1, -0.05) is 0 Å². The summed E-state index contributed by atoms with van der Waals surface area (Å²) in [6, 6.07) is 11.3. The summed E-state index contributed by atoms with van der Waals surface area (Å²) in [4.78, 5) is 12.4. The minimum atomic E-state index is -0.985. The first-order chi connectivity index (χ1) is 13.5. The van der Waals surface area contributed by atoms with Gasteiger partial charge in [-0.05, 0) is 36.4 Å². The number of carbonyl (C=O) groups is 1. The van der Waals surface area contributed by atoms with Crippen molar-refractivity contribution >= 4 is 23.1 Å². The molecule has 3 rings (SSSR count). The Morgan fingerprint density at radius 2 is 1.75 bits per heavy atom. The van der Waals surface area contributed by atoms with Crippen LogP contribution >= 0.6 is 0 Å². The molecule has 0 saturated heterocycles. The van der Waals surface area contributed by atoms with Gasteiger partial charge >= 0.3 is 0 Å². The normalized spacial score (nSPS) is 10.3. The van der Waals surface area contributed by atoms with E-state index in [2.05, 4.69) is 20.8 Å². The molecule has 28 heavy (non-hydrogen) atoms. The highest BCUT2D eigenvalue weighted by molar-refractivity contribution is 6.03. The fraction of sp³-hybridized carbons (Fsp3) is 0.105. The van der Waals surface area contributed by atoms with Gasteiger partial charge in [0.1, 0.15) is 11.5 Å². The molecule has 0 aliphatic carbocycles. The molecule has 1 amide bonds. The lowest BCUT2D eigenvalue weighted by molar-refractivity contribution is 0.102. The molecule has 0 bridgehead atoms. The van der Waals surface area contributed by atoms with E-state index in [0.29, 0.717) is 22.9 Å². The van der Waals surface area contributed by atoms with Gasteiger partial charge in [0.05, 0.1) is 19.9 Å². The maximum atomic E-state index is 13.3. The number of nitrogens with zero attached hydrogens (tertiary/aromatic N) is 2. The maximum Gasteiger partial charge on any atom is 0.276 e. The van der Waals surface area contributed by atoms with Crippen LogP contribution in [0.2, 0.25) is 0 Å². The predicted octanol–water partition coefficient (Wildman–Crippen LogP) is 3.77. The van der Waals surface area contributed by atoms with Gasteiger partial charge in [-0.25, -0.2) is 8.78 Å². The molecule has 0 saturated carbocycles. The molecule has 2 aromatic carbocycles. The summed E-state index contributed by atoms with van der Waals surface area (Å²) >= 11 is 0. The first-order valence-corrected chi connectivity index (χ1v) is 8.09. The van der Waals surface area contributed by atoms with Crippen molar-refractivity contribution in [1.29, 1.82) is 0 Å². The van der Waals surface area contributed by atoms with E-state index in [1.807, 2.05) is 0 Å². The number of amides is 1. The van der Waals surface area contributed by atoms with Crippen LogP contribution in [0.25, 0.3) is 0 Å². The number of methoxy groups -OCH3 is 2. The third-order valence-electron chi connectivity index (χ3n) is 3.74. The third-order valence-corrected chi connectivity index (χ3v) is 3.74. The van der Waals surface area contributed by atoms with Gasteiger partial charge in [0.15, 0.2) is 23.1 Å². The maximum absolute atomic E-state index is 13.3. The van der Waals surface area contributed by atoms with Crippen molar-refractivity contribution in [2.75, 3.05) is 24.9 Å². The van der Waals surface area contributed by atoms with Crippen LogP contribution in [0.15, 0.2) is 48.5 Å². The number of ether oxygens (including phenoxy) is 2. The fourth-order valence-electron chi connectivity index (χ4n) is 2.34. The van der Waals surface area contributed by atoms with Crippen molar-refractivity contribution in [3.8, 4) is 11.5 Å². The second-order valence-corrected chi connectivity index (χ2v) is 5.58. The fourth-order valence-corrected chi connectivity index (χ4v) is 2.34. The van der Waals surface area contributed by atoms with E-state index in [-0.39, 0.29) is 11.5 Å². The first kappa shape index (κ1) is 19.0. The minimum Gasteiger partial charge on any atom is -0.497 e. The van der Waals surface area contributed by atoms with E-state index in [1.165, 1.54) is 32.4 Å². The Morgan fingerprint density at radius 1 is 0.929 bits per heavy atom. The molecule has 0 aliphatic rings. The van der Waals surface area contributed by atoms with Gasteiger partial charge in [0.2, 0.25) is 0 Å². The molecule has 0 fully saturated rings. The SMILES string of the molecule is COc1ccc(OC)c(NC(=O)c2ccc(Nc3ccc(F)c(F)c3)nn2)c1. The summed E-state index contributed by atoms with van der Waals surface area (Å²) in [5.74, 6) is -1.16. The number of benzene rings is 2. The van der Waals surface area contributed by atoms with Crippen LogP contribution in [0.5, 0.6) is 11.5 Å². The van der Waals surface area contributed by atoms with Crippen LogP contribution in [0.1, 0.15) is 10.5 Å². The Hall–Kier alpha value is -3.75. The summed E-state index contributed by atoms with van der Waals surface area (Å²) in [5, 5.41) is 13.2. The highest BCUT2D eigenvalue weighted by Crippen LogP contribution is 2.29. The molecule has 2 N–H and O–H groups in total. The van der Waals surface area contributed by atoms with Gasteiger partial charge in [0, 0.05) is 17.8 Å². The number of carbonyl (C=O) groups excluding carboxylic acids is 1. The topological polar surface area (TPSA) is 85.4 Å². The molecule has 7 nitrogen and oxygen atoms in total. The summed E-state index contributed by atoms with van der Waals surface area (Å²) in [6.45, 7) is 0. The lowest BCUT2D eigenvalue weighted by Gasteiger charge is -2.11. The van der Waals surface area contributed by atoms with Crippen LogP contribution in [0, 0.1) is 11.6 Å². The Kier molecular flexibility index (Phi) is 5.64. The standard InChI is InChI=1S/C19H16F2N4O3/c1-27-12-4-7-17(28-2)16(10-12)23-19(26)15-6-8-18(25-24-15)22-11-3-5-13(20)14(21)9-11/h3-10H,1-2H3,(H,22,25)(H,23,26). The van der Waals surface area contributed by atoms with E-state index in [4.69, 9.17) is 9.47 Å². The number of nitrogens with one attached hydrogen (secondary N) is 2. The van der Waals surface area contributed by atoms with Crippen molar-refractivity contribution < 1.29 is 23.0 Å². The number of hydrogen-bond donors (Lipinski definition) is 2. The second kappa shape index (κ2) is 8.30. The Labute approximate surface area is 159 Å². The summed E-state index contributed by atoms with van der Waals surface area (Å²) in [7, 11) is 2.99. The first-order valence-electron chi connectivity index (χ1n) is 8.09. The predicted molar refractivity (Wildman–Crippen MR) is 99.2 cm³/mol. The highest BCUT2D eigenvalue weighted by Gasteiger charge is 2.13. The van der Waals surface area contributed by atoms with Gasteiger partial charge in [-0.3, -0.25) is 4.79 Å². The Balaban J connectivity index is 1.72. The summed E-state index contributed by atoms with van der Waals surface area (Å²) < 4.78 is 36.6. The van der Waals surface area contributed by atoms with E-state index in [1.54, 1.807) is 18.2 Å². The van der Waals surface area contributed by atoms with Crippen molar-refractivity contribution in [3.63, 3.8) is 0 Å². The van der Waals surface area contributed by atoms with Gasteiger partial charge in [0.25, 0.3) is 5.91 Å². The van der Waals surface area contributed by atoms with Crippen molar-refractivity contribution in [2.45, 2.75) is 0 Å². The van der Waals surface area contributed by atoms with E-state index in [9.17, 15) is 13.6 Å². The summed E-state index contributed by atoms with van der Waals surface area (Å²) in [5.41, 5.74) is 0.768. The lowest BCUT2D eigenvalue weighted by Crippen LogP contribution is -2.15. The van der Waals surface area contributed by atoms with E-state index >= 15 is 0 Å². The van der Waals surface area contributed by atoms with Crippen molar-refractivity contribution in [2.24, 2.45) is 0 Å². The van der Waals surface area contributed by atoms with Crippen LogP contribution < -0.4 is 20.1 Å². The molecule has 0 unspecified atom stereocenters. The molecule has 3 aromatic rings. The smallest absolute Gasteiger partial charge is 0.276 e. The zero-order valence-corrected chi connectivity index (χ0v) is 15.0. The Morgan fingerprint density at radius 3 is 2.39 bits per heavy atom. The average Bonchev–Trinajstić information content (AvgIpc) is 2.71. The molecule has 0 atom stereocenters. The van der Waals surface area contributed by atoms with Crippen LogP contribution in [0.4, 0.5) is 26.0 Å². The lowest BCUT2D eigenvalue weighted by atomic mass is 10.2. The number of halogens is 2.